The van der Waals surface area contributed by atoms with Crippen molar-refractivity contribution in [2.75, 3.05) is 6.54 Å². The van der Waals surface area contributed by atoms with Gasteiger partial charge in [-0.3, -0.25) is 4.68 Å². The summed E-state index contributed by atoms with van der Waals surface area (Å²) in [5.41, 5.74) is 1.94. The van der Waals surface area contributed by atoms with Crippen LogP contribution in [0.4, 0.5) is 4.39 Å². The van der Waals surface area contributed by atoms with Crippen LogP contribution in [0, 0.1) is 6.92 Å². The molecule has 90 valence electrons. The van der Waals surface area contributed by atoms with Crippen LogP contribution in [-0.4, -0.2) is 28.5 Å². The zero-order valence-electron chi connectivity index (χ0n) is 10.0. The van der Waals surface area contributed by atoms with Crippen LogP contribution in [0.25, 0.3) is 0 Å². The summed E-state index contributed by atoms with van der Waals surface area (Å²) in [7, 11) is 1.88. The molecule has 0 aliphatic carbocycles. The fourth-order valence-corrected chi connectivity index (χ4v) is 2.38. The second kappa shape index (κ2) is 4.95. The van der Waals surface area contributed by atoms with Crippen molar-refractivity contribution in [3.05, 3.63) is 17.5 Å². The van der Waals surface area contributed by atoms with E-state index in [4.69, 9.17) is 0 Å². The van der Waals surface area contributed by atoms with Crippen LogP contribution in [0.1, 0.15) is 30.7 Å². The van der Waals surface area contributed by atoms with Crippen LogP contribution >= 0.6 is 0 Å². The Morgan fingerprint density at radius 3 is 3.00 bits per heavy atom. The second-order valence-corrected chi connectivity index (χ2v) is 4.68. The van der Waals surface area contributed by atoms with Crippen LogP contribution in [0.5, 0.6) is 0 Å². The van der Waals surface area contributed by atoms with Crippen LogP contribution in [0.3, 0.4) is 0 Å². The summed E-state index contributed by atoms with van der Waals surface area (Å²) in [5, 5.41) is 7.50. The lowest BCUT2D eigenvalue weighted by Gasteiger charge is -2.26. The number of alkyl halides is 1. The minimum Gasteiger partial charge on any atom is -0.311 e. The summed E-state index contributed by atoms with van der Waals surface area (Å²) in [6.07, 6.45) is 2.94. The average molecular weight is 225 g/mol. The molecule has 1 aliphatic heterocycles. The standard InChI is InChI=1S/C12H20FN3/c1-9-7-10(16(2)15-9)8-11(13)12-5-3-4-6-14-12/h7,11-12,14H,3-6,8H2,1-2H3. The van der Waals surface area contributed by atoms with Gasteiger partial charge in [0.2, 0.25) is 0 Å². The highest BCUT2D eigenvalue weighted by Gasteiger charge is 2.23. The van der Waals surface area contributed by atoms with Gasteiger partial charge < -0.3 is 5.32 Å². The summed E-state index contributed by atoms with van der Waals surface area (Å²) >= 11 is 0. The molecule has 2 rings (SSSR count). The molecule has 1 N–H and O–H groups in total. The van der Waals surface area contributed by atoms with Gasteiger partial charge in [0.25, 0.3) is 0 Å². The van der Waals surface area contributed by atoms with Crippen molar-refractivity contribution in [2.45, 2.75) is 44.8 Å². The monoisotopic (exact) mass is 225 g/mol. The number of halogens is 1. The van der Waals surface area contributed by atoms with E-state index in [9.17, 15) is 4.39 Å². The first kappa shape index (κ1) is 11.6. The Bertz CT molecular complexity index is 342. The van der Waals surface area contributed by atoms with Crippen molar-refractivity contribution in [3.8, 4) is 0 Å². The maximum atomic E-state index is 14.1. The Morgan fingerprint density at radius 1 is 1.62 bits per heavy atom. The minimum atomic E-state index is -0.796. The van der Waals surface area contributed by atoms with Gasteiger partial charge in [-0.25, -0.2) is 4.39 Å². The first-order valence-corrected chi connectivity index (χ1v) is 6.04. The number of hydrogen-bond donors (Lipinski definition) is 1. The molecule has 2 atom stereocenters. The Kier molecular flexibility index (Phi) is 3.59. The van der Waals surface area contributed by atoms with E-state index < -0.39 is 6.17 Å². The number of hydrogen-bond acceptors (Lipinski definition) is 2. The predicted molar refractivity (Wildman–Crippen MR) is 62.2 cm³/mol. The fourth-order valence-electron chi connectivity index (χ4n) is 2.38. The molecule has 2 unspecified atom stereocenters. The van der Waals surface area contributed by atoms with E-state index in [2.05, 4.69) is 10.4 Å². The minimum absolute atomic E-state index is 0.0314. The molecule has 4 heteroatoms. The van der Waals surface area contributed by atoms with Crippen molar-refractivity contribution in [1.29, 1.82) is 0 Å². The zero-order chi connectivity index (χ0) is 11.5. The summed E-state index contributed by atoms with van der Waals surface area (Å²) < 4.78 is 15.8. The van der Waals surface area contributed by atoms with E-state index in [0.717, 1.165) is 30.8 Å². The molecule has 16 heavy (non-hydrogen) atoms. The smallest absolute Gasteiger partial charge is 0.121 e. The highest BCUT2D eigenvalue weighted by Crippen LogP contribution is 2.17. The molecule has 0 radical (unpaired) electrons. The van der Waals surface area contributed by atoms with Crippen LogP contribution in [-0.2, 0) is 13.5 Å². The van der Waals surface area contributed by atoms with E-state index in [0.29, 0.717) is 6.42 Å². The summed E-state index contributed by atoms with van der Waals surface area (Å²) in [4.78, 5) is 0. The summed E-state index contributed by atoms with van der Waals surface area (Å²) in [6.45, 7) is 2.89. The first-order chi connectivity index (χ1) is 7.66. The van der Waals surface area contributed by atoms with Crippen molar-refractivity contribution < 1.29 is 4.39 Å². The van der Waals surface area contributed by atoms with E-state index in [1.165, 1.54) is 6.42 Å². The first-order valence-electron chi connectivity index (χ1n) is 6.04. The van der Waals surface area contributed by atoms with Gasteiger partial charge in [-0.1, -0.05) is 6.42 Å². The molecule has 1 saturated heterocycles. The van der Waals surface area contributed by atoms with Gasteiger partial charge in [0, 0.05) is 25.2 Å². The lowest BCUT2D eigenvalue weighted by molar-refractivity contribution is 0.214. The van der Waals surface area contributed by atoms with E-state index in [1.54, 1.807) is 4.68 Å². The molecule has 1 aromatic rings. The highest BCUT2D eigenvalue weighted by atomic mass is 19.1. The molecular formula is C12H20FN3. The Balaban J connectivity index is 1.95. The SMILES string of the molecule is Cc1cc(CC(F)C2CCCCN2)n(C)n1. The second-order valence-electron chi connectivity index (χ2n) is 4.68. The molecule has 2 heterocycles. The number of nitrogens with zero attached hydrogens (tertiary/aromatic N) is 2. The van der Waals surface area contributed by atoms with Gasteiger partial charge in [0.05, 0.1) is 5.69 Å². The normalized spacial score (nSPS) is 23.3. The van der Waals surface area contributed by atoms with E-state index in [-0.39, 0.29) is 6.04 Å². The van der Waals surface area contributed by atoms with Gasteiger partial charge in [-0.05, 0) is 32.4 Å². The number of nitrogens with one attached hydrogen (secondary N) is 1. The van der Waals surface area contributed by atoms with Crippen molar-refractivity contribution in [3.63, 3.8) is 0 Å². The molecule has 0 bridgehead atoms. The molecule has 1 aliphatic rings. The topological polar surface area (TPSA) is 29.9 Å². The van der Waals surface area contributed by atoms with Gasteiger partial charge in [0.15, 0.2) is 0 Å². The van der Waals surface area contributed by atoms with Crippen LogP contribution in [0.15, 0.2) is 6.07 Å². The molecule has 0 aromatic carbocycles. The predicted octanol–water partition coefficient (Wildman–Crippen LogP) is 1.75. The van der Waals surface area contributed by atoms with Gasteiger partial charge in [-0.2, -0.15) is 5.10 Å². The van der Waals surface area contributed by atoms with Gasteiger partial charge >= 0.3 is 0 Å². The molecule has 1 fully saturated rings. The van der Waals surface area contributed by atoms with E-state index in [1.807, 2.05) is 20.0 Å². The number of aryl methyl sites for hydroxylation is 2. The van der Waals surface area contributed by atoms with Crippen molar-refractivity contribution >= 4 is 0 Å². The maximum Gasteiger partial charge on any atom is 0.121 e. The Morgan fingerprint density at radius 2 is 2.44 bits per heavy atom. The lowest BCUT2D eigenvalue weighted by atomic mass is 9.98. The number of rotatable bonds is 3. The Labute approximate surface area is 96.0 Å². The highest BCUT2D eigenvalue weighted by molar-refractivity contribution is 5.10. The van der Waals surface area contributed by atoms with Crippen LogP contribution in [0.2, 0.25) is 0 Å². The molecule has 0 amide bonds. The quantitative estimate of drug-likeness (QED) is 0.849. The van der Waals surface area contributed by atoms with Gasteiger partial charge in [-0.15, -0.1) is 0 Å². The molecule has 1 aromatic heterocycles. The third-order valence-electron chi connectivity index (χ3n) is 3.29. The summed E-state index contributed by atoms with van der Waals surface area (Å²) in [5.74, 6) is 0. The van der Waals surface area contributed by atoms with E-state index >= 15 is 0 Å². The average Bonchev–Trinajstić information content (AvgIpc) is 2.59. The zero-order valence-corrected chi connectivity index (χ0v) is 10.0. The molecule has 0 spiro atoms. The number of aromatic nitrogens is 2. The molecule has 0 saturated carbocycles. The molecular weight excluding hydrogens is 205 g/mol. The van der Waals surface area contributed by atoms with Crippen molar-refractivity contribution in [1.82, 2.24) is 15.1 Å². The maximum absolute atomic E-state index is 14.1. The third kappa shape index (κ3) is 2.61. The lowest BCUT2D eigenvalue weighted by Crippen LogP contribution is -2.42. The van der Waals surface area contributed by atoms with Crippen molar-refractivity contribution in [2.24, 2.45) is 7.05 Å². The van der Waals surface area contributed by atoms with Crippen LogP contribution < -0.4 is 5.32 Å². The Hall–Kier alpha value is -0.900. The van der Waals surface area contributed by atoms with Gasteiger partial charge in [0.1, 0.15) is 6.17 Å². The third-order valence-corrected chi connectivity index (χ3v) is 3.29. The number of piperidine rings is 1. The summed E-state index contributed by atoms with van der Waals surface area (Å²) in [6, 6.07) is 2.00. The fraction of sp³-hybridized carbons (Fsp3) is 0.750. The molecule has 3 nitrogen and oxygen atoms in total. The largest absolute Gasteiger partial charge is 0.311 e.